The number of aryl methyl sites for hydroxylation is 1. The van der Waals surface area contributed by atoms with Gasteiger partial charge in [0.1, 0.15) is 11.5 Å². The summed E-state index contributed by atoms with van der Waals surface area (Å²) in [5.41, 5.74) is 1.62. The molecule has 4 nitrogen and oxygen atoms in total. The van der Waals surface area contributed by atoms with Crippen LogP contribution in [0.5, 0.6) is 0 Å². The Kier molecular flexibility index (Phi) is 2.90. The molecule has 0 saturated heterocycles. The maximum absolute atomic E-state index is 11.4. The number of hydrogen-bond acceptors (Lipinski definition) is 3. The van der Waals surface area contributed by atoms with Crippen molar-refractivity contribution in [3.8, 4) is 0 Å². The number of Topliss-reactive ketones (excluding diaryl/α,β-unsaturated/α-hetero) is 1. The molecule has 4 heteroatoms. The molecule has 0 atom stereocenters. The van der Waals surface area contributed by atoms with E-state index in [4.69, 9.17) is 4.52 Å². The molecule has 0 aliphatic carbocycles. The van der Waals surface area contributed by atoms with Crippen LogP contribution >= 0.6 is 0 Å². The summed E-state index contributed by atoms with van der Waals surface area (Å²) in [6, 6.07) is 3.72. The van der Waals surface area contributed by atoms with Gasteiger partial charge in [0, 0.05) is 30.4 Å². The molecule has 0 bridgehead atoms. The second-order valence-corrected chi connectivity index (χ2v) is 3.78. The fourth-order valence-electron chi connectivity index (χ4n) is 1.59. The normalized spacial score (nSPS) is 10.6. The van der Waals surface area contributed by atoms with Crippen molar-refractivity contribution in [3.05, 3.63) is 41.5 Å². The monoisotopic (exact) mass is 218 g/mol. The molecule has 0 aromatic carbocycles. The summed E-state index contributed by atoms with van der Waals surface area (Å²) >= 11 is 0. The van der Waals surface area contributed by atoms with Gasteiger partial charge in [0.05, 0.1) is 6.54 Å². The number of carbonyl (C=O) groups excluding carboxylic acids is 1. The van der Waals surface area contributed by atoms with Gasteiger partial charge >= 0.3 is 0 Å². The van der Waals surface area contributed by atoms with E-state index in [1.54, 1.807) is 0 Å². The van der Waals surface area contributed by atoms with Crippen LogP contribution in [0.2, 0.25) is 0 Å². The van der Waals surface area contributed by atoms with Crippen molar-refractivity contribution in [2.24, 2.45) is 0 Å². The Morgan fingerprint density at radius 1 is 1.56 bits per heavy atom. The van der Waals surface area contributed by atoms with E-state index in [0.717, 1.165) is 17.0 Å². The first-order chi connectivity index (χ1) is 7.69. The summed E-state index contributed by atoms with van der Waals surface area (Å²) in [4.78, 5) is 11.4. The topological polar surface area (TPSA) is 48.0 Å². The summed E-state index contributed by atoms with van der Waals surface area (Å²) < 4.78 is 6.91. The molecule has 84 valence electrons. The zero-order valence-electron chi connectivity index (χ0n) is 9.43. The van der Waals surface area contributed by atoms with Crippen molar-refractivity contribution in [2.75, 3.05) is 0 Å². The van der Waals surface area contributed by atoms with E-state index in [1.807, 2.05) is 42.9 Å². The van der Waals surface area contributed by atoms with Gasteiger partial charge in [0.2, 0.25) is 0 Å². The van der Waals surface area contributed by atoms with E-state index in [9.17, 15) is 4.79 Å². The lowest BCUT2D eigenvalue weighted by Crippen LogP contribution is -1.98. The summed E-state index contributed by atoms with van der Waals surface area (Å²) in [5.74, 6) is 0.960. The van der Waals surface area contributed by atoms with E-state index >= 15 is 0 Å². The van der Waals surface area contributed by atoms with Crippen LogP contribution in [-0.4, -0.2) is 15.5 Å². The minimum atomic E-state index is 0.162. The molecule has 0 aliphatic rings. The van der Waals surface area contributed by atoms with E-state index in [-0.39, 0.29) is 5.78 Å². The largest absolute Gasteiger partial charge is 0.361 e. The van der Waals surface area contributed by atoms with Crippen LogP contribution < -0.4 is 0 Å². The Hall–Kier alpha value is -1.84. The zero-order valence-corrected chi connectivity index (χ0v) is 9.43. The Morgan fingerprint density at radius 3 is 3.00 bits per heavy atom. The minimum absolute atomic E-state index is 0.162. The fourth-order valence-corrected chi connectivity index (χ4v) is 1.59. The molecular weight excluding hydrogens is 204 g/mol. The fraction of sp³-hybridized carbons (Fsp3) is 0.333. The molecule has 0 N–H and O–H groups in total. The molecule has 0 amide bonds. The van der Waals surface area contributed by atoms with E-state index < -0.39 is 0 Å². The van der Waals surface area contributed by atoms with Crippen molar-refractivity contribution in [2.45, 2.75) is 26.8 Å². The third kappa shape index (κ3) is 2.21. The van der Waals surface area contributed by atoms with Crippen molar-refractivity contribution < 1.29 is 9.32 Å². The molecule has 0 aliphatic heterocycles. The van der Waals surface area contributed by atoms with Gasteiger partial charge in [0.15, 0.2) is 5.78 Å². The molecule has 2 aromatic rings. The highest BCUT2D eigenvalue weighted by atomic mass is 16.5. The minimum Gasteiger partial charge on any atom is -0.361 e. The number of rotatable bonds is 4. The van der Waals surface area contributed by atoms with Gasteiger partial charge in [-0.15, -0.1) is 0 Å². The van der Waals surface area contributed by atoms with Gasteiger partial charge in [-0.1, -0.05) is 12.1 Å². The first-order valence-corrected chi connectivity index (χ1v) is 5.30. The Morgan fingerprint density at radius 2 is 2.38 bits per heavy atom. The quantitative estimate of drug-likeness (QED) is 0.740. The molecule has 0 radical (unpaired) electrons. The molecule has 2 aromatic heterocycles. The summed E-state index contributed by atoms with van der Waals surface area (Å²) in [6.45, 7) is 4.35. The van der Waals surface area contributed by atoms with Crippen LogP contribution in [0.1, 0.15) is 35.2 Å². The SMILES string of the molecule is CCC(=O)c1ccn(Cc2cc(C)on2)c1. The smallest absolute Gasteiger partial charge is 0.164 e. The number of carbonyl (C=O) groups is 1. The lowest BCUT2D eigenvalue weighted by molar-refractivity contribution is 0.0988. The molecule has 0 fully saturated rings. The van der Waals surface area contributed by atoms with Crippen LogP contribution in [0.3, 0.4) is 0 Å². The highest BCUT2D eigenvalue weighted by Gasteiger charge is 2.06. The van der Waals surface area contributed by atoms with Crippen LogP contribution in [0.15, 0.2) is 29.0 Å². The lowest BCUT2D eigenvalue weighted by Gasteiger charge is -1.97. The lowest BCUT2D eigenvalue weighted by atomic mass is 10.2. The van der Waals surface area contributed by atoms with E-state index in [1.165, 1.54) is 0 Å². The molecule has 0 saturated carbocycles. The van der Waals surface area contributed by atoms with Gasteiger partial charge in [-0.3, -0.25) is 4.79 Å². The molecular formula is C12H14N2O2. The van der Waals surface area contributed by atoms with Gasteiger partial charge in [-0.25, -0.2) is 0 Å². The average molecular weight is 218 g/mol. The van der Waals surface area contributed by atoms with E-state index in [2.05, 4.69) is 5.16 Å². The van der Waals surface area contributed by atoms with Gasteiger partial charge in [0.25, 0.3) is 0 Å². The van der Waals surface area contributed by atoms with Gasteiger partial charge in [-0.2, -0.15) is 0 Å². The van der Waals surface area contributed by atoms with Crippen LogP contribution in [0, 0.1) is 6.92 Å². The molecule has 2 rings (SSSR count). The summed E-state index contributed by atoms with van der Waals surface area (Å²) in [6.07, 6.45) is 4.26. The Balaban J connectivity index is 2.11. The predicted octanol–water partition coefficient (Wildman–Crippen LogP) is 2.43. The number of aromatic nitrogens is 2. The number of ketones is 1. The standard InChI is InChI=1S/C12H14N2O2/c1-3-12(15)10-4-5-14(7-10)8-11-6-9(2)16-13-11/h4-7H,3,8H2,1-2H3. The molecule has 2 heterocycles. The highest BCUT2D eigenvalue weighted by molar-refractivity contribution is 5.95. The molecule has 0 unspecified atom stereocenters. The first-order valence-electron chi connectivity index (χ1n) is 5.30. The third-order valence-electron chi connectivity index (χ3n) is 2.41. The van der Waals surface area contributed by atoms with Crippen LogP contribution in [0.25, 0.3) is 0 Å². The average Bonchev–Trinajstić information content (AvgIpc) is 2.87. The summed E-state index contributed by atoms with van der Waals surface area (Å²) in [5, 5.41) is 3.90. The zero-order chi connectivity index (χ0) is 11.5. The van der Waals surface area contributed by atoms with Crippen molar-refractivity contribution in [1.82, 2.24) is 9.72 Å². The second kappa shape index (κ2) is 4.35. The number of hydrogen-bond donors (Lipinski definition) is 0. The molecule has 0 spiro atoms. The highest BCUT2D eigenvalue weighted by Crippen LogP contribution is 2.08. The van der Waals surface area contributed by atoms with Gasteiger partial charge in [-0.05, 0) is 13.0 Å². The first kappa shape index (κ1) is 10.7. The Labute approximate surface area is 93.9 Å². The van der Waals surface area contributed by atoms with Crippen molar-refractivity contribution in [1.29, 1.82) is 0 Å². The third-order valence-corrected chi connectivity index (χ3v) is 2.41. The van der Waals surface area contributed by atoms with Crippen LogP contribution in [0.4, 0.5) is 0 Å². The summed E-state index contributed by atoms with van der Waals surface area (Å²) in [7, 11) is 0. The van der Waals surface area contributed by atoms with E-state index in [0.29, 0.717) is 13.0 Å². The van der Waals surface area contributed by atoms with Crippen LogP contribution in [-0.2, 0) is 6.54 Å². The maximum atomic E-state index is 11.4. The maximum Gasteiger partial charge on any atom is 0.164 e. The van der Waals surface area contributed by atoms with Crippen molar-refractivity contribution in [3.63, 3.8) is 0 Å². The van der Waals surface area contributed by atoms with Crippen molar-refractivity contribution >= 4 is 5.78 Å². The molecule has 16 heavy (non-hydrogen) atoms. The Bertz CT molecular complexity index is 497. The predicted molar refractivity (Wildman–Crippen MR) is 59.4 cm³/mol. The second-order valence-electron chi connectivity index (χ2n) is 3.78. The number of nitrogens with zero attached hydrogens (tertiary/aromatic N) is 2. The van der Waals surface area contributed by atoms with Gasteiger partial charge < -0.3 is 9.09 Å².